The number of pyridine rings is 1. The molecule has 0 spiro atoms. The van der Waals surface area contributed by atoms with Gasteiger partial charge in [0.25, 0.3) is 0 Å². The number of phenols is 1. The molecule has 0 saturated carbocycles. The SMILES string of the molecule is O=[N+]([O-])c1ccc(Oc2ccccc2)cn1.Oc1ccccc1. The van der Waals surface area contributed by atoms with Crippen LogP contribution in [0.4, 0.5) is 5.82 Å². The third-order valence-electron chi connectivity index (χ3n) is 2.64. The highest BCUT2D eigenvalue weighted by Crippen LogP contribution is 2.21. The molecule has 116 valence electrons. The predicted molar refractivity (Wildman–Crippen MR) is 85.5 cm³/mol. The van der Waals surface area contributed by atoms with Crippen LogP contribution in [0.15, 0.2) is 79.0 Å². The molecule has 23 heavy (non-hydrogen) atoms. The highest BCUT2D eigenvalue weighted by atomic mass is 16.6. The molecule has 6 nitrogen and oxygen atoms in total. The predicted octanol–water partition coefficient (Wildman–Crippen LogP) is 4.17. The van der Waals surface area contributed by atoms with Crippen LogP contribution in [0.3, 0.4) is 0 Å². The molecule has 2 aromatic carbocycles. The number of hydrogen-bond acceptors (Lipinski definition) is 5. The molecule has 0 saturated heterocycles. The van der Waals surface area contributed by atoms with Gasteiger partial charge >= 0.3 is 5.82 Å². The third kappa shape index (κ3) is 5.47. The van der Waals surface area contributed by atoms with Crippen molar-refractivity contribution in [2.75, 3.05) is 0 Å². The minimum absolute atomic E-state index is 0.194. The van der Waals surface area contributed by atoms with Crippen molar-refractivity contribution >= 4 is 5.82 Å². The van der Waals surface area contributed by atoms with Gasteiger partial charge in [0.2, 0.25) is 0 Å². The van der Waals surface area contributed by atoms with Crippen LogP contribution in [0.5, 0.6) is 17.2 Å². The van der Waals surface area contributed by atoms with Crippen LogP contribution in [0.25, 0.3) is 0 Å². The van der Waals surface area contributed by atoms with Crippen LogP contribution in [0.1, 0.15) is 0 Å². The lowest BCUT2D eigenvalue weighted by Gasteiger charge is -2.02. The minimum atomic E-state index is -0.549. The summed E-state index contributed by atoms with van der Waals surface area (Å²) in [6, 6.07) is 20.7. The lowest BCUT2D eigenvalue weighted by Crippen LogP contribution is -1.91. The molecule has 6 heteroatoms. The number of ether oxygens (including phenoxy) is 1. The van der Waals surface area contributed by atoms with E-state index in [9.17, 15) is 10.1 Å². The van der Waals surface area contributed by atoms with Gasteiger partial charge in [-0.05, 0) is 40.2 Å². The minimum Gasteiger partial charge on any atom is -0.508 e. The first-order valence-electron chi connectivity index (χ1n) is 6.72. The van der Waals surface area contributed by atoms with Gasteiger partial charge in [0.1, 0.15) is 11.5 Å². The Kier molecular flexibility index (Phi) is 5.65. The van der Waals surface area contributed by atoms with Crippen molar-refractivity contribution < 1.29 is 14.8 Å². The summed E-state index contributed by atoms with van der Waals surface area (Å²) in [5, 5.41) is 19.0. The van der Waals surface area contributed by atoms with E-state index in [0.717, 1.165) is 0 Å². The average Bonchev–Trinajstić information content (AvgIpc) is 2.57. The van der Waals surface area contributed by atoms with Crippen molar-refractivity contribution in [2.45, 2.75) is 0 Å². The highest BCUT2D eigenvalue weighted by molar-refractivity contribution is 5.32. The fraction of sp³-hybridized carbons (Fsp3) is 0. The number of hydrogen-bond donors (Lipinski definition) is 1. The molecule has 0 aliphatic carbocycles. The zero-order valence-electron chi connectivity index (χ0n) is 12.1. The second kappa shape index (κ2) is 8.14. The Morgan fingerprint density at radius 3 is 1.91 bits per heavy atom. The third-order valence-corrected chi connectivity index (χ3v) is 2.64. The van der Waals surface area contributed by atoms with Crippen LogP contribution in [0.2, 0.25) is 0 Å². The van der Waals surface area contributed by atoms with E-state index in [2.05, 4.69) is 4.98 Å². The number of nitrogens with zero attached hydrogens (tertiary/aromatic N) is 2. The highest BCUT2D eigenvalue weighted by Gasteiger charge is 2.06. The van der Waals surface area contributed by atoms with E-state index in [4.69, 9.17) is 9.84 Å². The van der Waals surface area contributed by atoms with Crippen molar-refractivity contribution in [1.82, 2.24) is 4.98 Å². The molecule has 0 amide bonds. The Morgan fingerprint density at radius 1 is 0.870 bits per heavy atom. The molecule has 1 aromatic heterocycles. The number of benzene rings is 2. The van der Waals surface area contributed by atoms with Crippen molar-refractivity contribution in [1.29, 1.82) is 0 Å². The number of aromatic nitrogens is 1. The lowest BCUT2D eigenvalue weighted by molar-refractivity contribution is -0.389. The maximum atomic E-state index is 10.4. The molecule has 3 rings (SSSR count). The van der Waals surface area contributed by atoms with Crippen molar-refractivity contribution in [3.8, 4) is 17.2 Å². The Bertz CT molecular complexity index is 732. The van der Waals surface area contributed by atoms with E-state index >= 15 is 0 Å². The maximum Gasteiger partial charge on any atom is 0.363 e. The lowest BCUT2D eigenvalue weighted by atomic mass is 10.3. The normalized spacial score (nSPS) is 9.39. The van der Waals surface area contributed by atoms with E-state index < -0.39 is 4.92 Å². The van der Waals surface area contributed by atoms with E-state index in [1.807, 2.05) is 24.3 Å². The first-order chi connectivity index (χ1) is 11.1. The molecular formula is C17H14N2O4. The molecule has 0 radical (unpaired) electrons. The molecule has 1 N–H and O–H groups in total. The van der Waals surface area contributed by atoms with Crippen LogP contribution >= 0.6 is 0 Å². The largest absolute Gasteiger partial charge is 0.508 e. The fourth-order valence-electron chi connectivity index (χ4n) is 1.59. The quantitative estimate of drug-likeness (QED) is 0.579. The van der Waals surface area contributed by atoms with Gasteiger partial charge in [0.15, 0.2) is 11.9 Å². The van der Waals surface area contributed by atoms with Crippen LogP contribution in [-0.2, 0) is 0 Å². The summed E-state index contributed by atoms with van der Waals surface area (Å²) in [5.41, 5.74) is 0. The van der Waals surface area contributed by atoms with Gasteiger partial charge in [0, 0.05) is 6.07 Å². The number of nitro groups is 1. The van der Waals surface area contributed by atoms with Gasteiger partial charge < -0.3 is 20.0 Å². The number of rotatable bonds is 3. The fourth-order valence-corrected chi connectivity index (χ4v) is 1.59. The van der Waals surface area contributed by atoms with E-state index in [-0.39, 0.29) is 5.82 Å². The number of phenolic OH excluding ortho intramolecular Hbond substituents is 1. The van der Waals surface area contributed by atoms with E-state index in [1.165, 1.54) is 18.3 Å². The smallest absolute Gasteiger partial charge is 0.363 e. The first-order valence-corrected chi connectivity index (χ1v) is 6.72. The molecule has 0 aliphatic rings. The van der Waals surface area contributed by atoms with Crippen molar-refractivity contribution in [2.24, 2.45) is 0 Å². The molecule has 0 fully saturated rings. The summed E-state index contributed by atoms with van der Waals surface area (Å²) < 4.78 is 5.43. The summed E-state index contributed by atoms with van der Waals surface area (Å²) in [5.74, 6) is 1.26. The van der Waals surface area contributed by atoms with Crippen molar-refractivity contribution in [3.05, 3.63) is 89.1 Å². The molecule has 0 unspecified atom stereocenters. The Hall–Kier alpha value is -3.41. The summed E-state index contributed by atoms with van der Waals surface area (Å²) >= 11 is 0. The summed E-state index contributed by atoms with van der Waals surface area (Å²) in [7, 11) is 0. The second-order valence-corrected chi connectivity index (χ2v) is 4.36. The zero-order valence-corrected chi connectivity index (χ0v) is 12.1. The van der Waals surface area contributed by atoms with Gasteiger partial charge in [-0.25, -0.2) is 0 Å². The summed E-state index contributed by atoms with van der Waals surface area (Å²) in [6.07, 6.45) is 1.32. The number of para-hydroxylation sites is 2. The van der Waals surface area contributed by atoms with Crippen LogP contribution in [-0.4, -0.2) is 15.0 Å². The van der Waals surface area contributed by atoms with Gasteiger partial charge in [-0.15, -0.1) is 0 Å². The molecule has 0 atom stereocenters. The molecule has 0 aliphatic heterocycles. The summed E-state index contributed by atoms with van der Waals surface area (Å²) in [4.78, 5) is 13.5. The Balaban J connectivity index is 0.000000229. The Labute approximate surface area is 132 Å². The average molecular weight is 310 g/mol. The second-order valence-electron chi connectivity index (χ2n) is 4.36. The topological polar surface area (TPSA) is 85.5 Å². The maximum absolute atomic E-state index is 10.4. The van der Waals surface area contributed by atoms with E-state index in [0.29, 0.717) is 17.2 Å². The standard InChI is InChI=1S/C11H8N2O3.C6H6O/c14-13(15)11-7-6-10(8-12-11)16-9-4-2-1-3-5-9;7-6-4-2-1-3-5-6/h1-8H;1-5,7H. The van der Waals surface area contributed by atoms with Gasteiger partial charge in [0.05, 0.1) is 0 Å². The van der Waals surface area contributed by atoms with Crippen LogP contribution < -0.4 is 4.74 Å². The molecule has 1 heterocycles. The van der Waals surface area contributed by atoms with Gasteiger partial charge in [-0.1, -0.05) is 36.4 Å². The first kappa shape index (κ1) is 16.0. The molecular weight excluding hydrogens is 296 g/mol. The monoisotopic (exact) mass is 310 g/mol. The number of aromatic hydroxyl groups is 1. The van der Waals surface area contributed by atoms with E-state index in [1.54, 1.807) is 36.4 Å². The van der Waals surface area contributed by atoms with Gasteiger partial charge in [-0.2, -0.15) is 0 Å². The molecule has 0 bridgehead atoms. The van der Waals surface area contributed by atoms with Crippen molar-refractivity contribution in [3.63, 3.8) is 0 Å². The zero-order chi connectivity index (χ0) is 16.5. The molecule has 3 aromatic rings. The summed E-state index contributed by atoms with van der Waals surface area (Å²) in [6.45, 7) is 0. The Morgan fingerprint density at radius 2 is 1.48 bits per heavy atom. The van der Waals surface area contributed by atoms with Gasteiger partial charge in [-0.3, -0.25) is 0 Å². The van der Waals surface area contributed by atoms with Crippen LogP contribution in [0, 0.1) is 10.1 Å².